The van der Waals surface area contributed by atoms with E-state index >= 15 is 0 Å². The molecule has 1 aromatic carbocycles. The van der Waals surface area contributed by atoms with Crippen LogP contribution in [0.1, 0.15) is 5.56 Å². The number of hydrogen-bond acceptors (Lipinski definition) is 2. The normalized spacial score (nSPS) is 8.93. The zero-order chi connectivity index (χ0) is 10.6. The highest BCUT2D eigenvalue weighted by atomic mass is 79.9. The first kappa shape index (κ1) is 10.5. The van der Waals surface area contributed by atoms with Gasteiger partial charge in [-0.25, -0.2) is 4.79 Å². The van der Waals surface area contributed by atoms with Crippen molar-refractivity contribution in [2.45, 2.75) is 0 Å². The Morgan fingerprint density at radius 2 is 2.29 bits per heavy atom. The van der Waals surface area contributed by atoms with Crippen LogP contribution in [-0.4, -0.2) is 13.1 Å². The number of nitrogens with zero attached hydrogens (tertiary/aromatic N) is 1. The van der Waals surface area contributed by atoms with Crippen LogP contribution in [0.5, 0.6) is 0 Å². The summed E-state index contributed by atoms with van der Waals surface area (Å²) in [5, 5.41) is 13.7. The first-order valence-electron chi connectivity index (χ1n) is 3.85. The predicted molar refractivity (Wildman–Crippen MR) is 56.9 cm³/mol. The van der Waals surface area contributed by atoms with E-state index in [0.717, 1.165) is 0 Å². The third-order valence-electron chi connectivity index (χ3n) is 1.57. The molecule has 14 heavy (non-hydrogen) atoms. The highest BCUT2D eigenvalue weighted by Crippen LogP contribution is 2.20. The molecule has 0 heterocycles. The van der Waals surface area contributed by atoms with E-state index in [1.165, 1.54) is 7.05 Å². The van der Waals surface area contributed by atoms with E-state index in [0.29, 0.717) is 15.7 Å². The Labute approximate surface area is 90.0 Å². The fourth-order valence-corrected chi connectivity index (χ4v) is 1.34. The monoisotopic (exact) mass is 253 g/mol. The topological polar surface area (TPSA) is 64.9 Å². The molecule has 72 valence electrons. The molecule has 0 radical (unpaired) electrons. The first-order chi connectivity index (χ1) is 6.67. The van der Waals surface area contributed by atoms with E-state index in [9.17, 15) is 4.79 Å². The van der Waals surface area contributed by atoms with Gasteiger partial charge in [-0.15, -0.1) is 0 Å². The molecule has 2 amide bonds. The fourth-order valence-electron chi connectivity index (χ4n) is 0.877. The third kappa shape index (κ3) is 2.47. The average Bonchev–Trinajstić information content (AvgIpc) is 2.18. The van der Waals surface area contributed by atoms with Crippen LogP contribution >= 0.6 is 15.9 Å². The molecule has 4 nitrogen and oxygen atoms in total. The van der Waals surface area contributed by atoms with Gasteiger partial charge in [0.05, 0.1) is 5.56 Å². The van der Waals surface area contributed by atoms with Crippen LogP contribution in [0.2, 0.25) is 0 Å². The van der Waals surface area contributed by atoms with Crippen LogP contribution in [0, 0.1) is 11.3 Å². The van der Waals surface area contributed by atoms with Gasteiger partial charge in [0.2, 0.25) is 0 Å². The first-order valence-corrected chi connectivity index (χ1v) is 4.65. The Bertz CT molecular complexity index is 398. The van der Waals surface area contributed by atoms with Gasteiger partial charge in [0.1, 0.15) is 6.07 Å². The highest BCUT2D eigenvalue weighted by molar-refractivity contribution is 9.10. The summed E-state index contributed by atoms with van der Waals surface area (Å²) < 4.78 is 0.661. The van der Waals surface area contributed by atoms with Gasteiger partial charge in [-0.2, -0.15) is 5.26 Å². The number of rotatable bonds is 1. The minimum absolute atomic E-state index is 0.290. The van der Waals surface area contributed by atoms with Gasteiger partial charge in [0.15, 0.2) is 0 Å². The van der Waals surface area contributed by atoms with Crippen LogP contribution in [0.25, 0.3) is 0 Å². The number of carbonyl (C=O) groups is 1. The van der Waals surface area contributed by atoms with Crippen LogP contribution in [0.15, 0.2) is 22.7 Å². The molecule has 2 N–H and O–H groups in total. The zero-order valence-electron chi connectivity index (χ0n) is 7.47. The number of hydrogen-bond donors (Lipinski definition) is 2. The van der Waals surface area contributed by atoms with Crippen LogP contribution in [0.3, 0.4) is 0 Å². The van der Waals surface area contributed by atoms with E-state index in [2.05, 4.69) is 26.6 Å². The molecule has 0 aliphatic carbocycles. The summed E-state index contributed by atoms with van der Waals surface area (Å²) in [7, 11) is 1.54. The summed E-state index contributed by atoms with van der Waals surface area (Å²) in [6.07, 6.45) is 0. The number of nitriles is 1. The van der Waals surface area contributed by atoms with E-state index in [1.54, 1.807) is 18.2 Å². The van der Waals surface area contributed by atoms with Crippen molar-refractivity contribution >= 4 is 27.6 Å². The number of benzene rings is 1. The van der Waals surface area contributed by atoms with E-state index in [-0.39, 0.29) is 6.03 Å². The van der Waals surface area contributed by atoms with Crippen LogP contribution in [-0.2, 0) is 0 Å². The number of anilines is 1. The van der Waals surface area contributed by atoms with Gasteiger partial charge < -0.3 is 10.6 Å². The molecule has 0 saturated carbocycles. The summed E-state index contributed by atoms with van der Waals surface area (Å²) >= 11 is 3.22. The lowest BCUT2D eigenvalue weighted by atomic mass is 10.2. The predicted octanol–water partition coefficient (Wildman–Crippen LogP) is 2.07. The van der Waals surface area contributed by atoms with Gasteiger partial charge >= 0.3 is 6.03 Å². The SMILES string of the molecule is CNC(=O)Nc1ccc(C#N)c(Br)c1. The number of amides is 2. The lowest BCUT2D eigenvalue weighted by Crippen LogP contribution is -2.24. The molecule has 0 unspecified atom stereocenters. The summed E-state index contributed by atoms with van der Waals surface area (Å²) in [5.41, 5.74) is 1.17. The summed E-state index contributed by atoms with van der Waals surface area (Å²) in [4.78, 5) is 10.9. The maximum Gasteiger partial charge on any atom is 0.318 e. The quantitative estimate of drug-likeness (QED) is 0.805. The average molecular weight is 254 g/mol. The number of carbonyl (C=O) groups excluding carboxylic acids is 1. The summed E-state index contributed by atoms with van der Waals surface area (Å²) in [5.74, 6) is 0. The molecular formula is C9H8BrN3O. The van der Waals surface area contributed by atoms with Gasteiger partial charge in [-0.1, -0.05) is 0 Å². The van der Waals surface area contributed by atoms with Gasteiger partial charge in [-0.05, 0) is 34.1 Å². The molecule has 0 atom stereocenters. The van der Waals surface area contributed by atoms with E-state index in [1.807, 2.05) is 6.07 Å². The van der Waals surface area contributed by atoms with Crippen LogP contribution in [0.4, 0.5) is 10.5 Å². The molecule has 5 heteroatoms. The van der Waals surface area contributed by atoms with Crippen molar-refractivity contribution in [1.82, 2.24) is 5.32 Å². The smallest absolute Gasteiger partial charge is 0.318 e. The third-order valence-corrected chi connectivity index (χ3v) is 2.23. The van der Waals surface area contributed by atoms with Crippen molar-refractivity contribution in [3.05, 3.63) is 28.2 Å². The fraction of sp³-hybridized carbons (Fsp3) is 0.111. The van der Waals surface area contributed by atoms with Crippen LogP contribution < -0.4 is 10.6 Å². The Balaban J connectivity index is 2.88. The maximum absolute atomic E-state index is 10.9. The second-order valence-corrected chi connectivity index (χ2v) is 3.36. The van der Waals surface area contributed by atoms with Crippen molar-refractivity contribution in [2.75, 3.05) is 12.4 Å². The molecule has 1 aromatic rings. The zero-order valence-corrected chi connectivity index (χ0v) is 9.05. The Kier molecular flexibility index (Phi) is 3.48. The van der Waals surface area contributed by atoms with Crippen molar-refractivity contribution < 1.29 is 4.79 Å². The van der Waals surface area contributed by atoms with Crippen molar-refractivity contribution in [1.29, 1.82) is 5.26 Å². The van der Waals surface area contributed by atoms with Gasteiger partial charge in [0, 0.05) is 17.2 Å². The highest BCUT2D eigenvalue weighted by Gasteiger charge is 2.02. The maximum atomic E-state index is 10.9. The Hall–Kier alpha value is -1.54. The van der Waals surface area contributed by atoms with Gasteiger partial charge in [0.25, 0.3) is 0 Å². The van der Waals surface area contributed by atoms with Crippen molar-refractivity contribution in [3.63, 3.8) is 0 Å². The molecule has 0 aliphatic heterocycles. The molecule has 0 bridgehead atoms. The molecule has 0 aromatic heterocycles. The summed E-state index contributed by atoms with van der Waals surface area (Å²) in [6, 6.07) is 6.70. The lowest BCUT2D eigenvalue weighted by molar-refractivity contribution is 0.254. The molecule has 0 aliphatic rings. The van der Waals surface area contributed by atoms with E-state index in [4.69, 9.17) is 5.26 Å². The Morgan fingerprint density at radius 3 is 2.79 bits per heavy atom. The molecule has 0 fully saturated rings. The molecular weight excluding hydrogens is 246 g/mol. The molecule has 0 spiro atoms. The van der Waals surface area contributed by atoms with E-state index < -0.39 is 0 Å². The number of nitrogens with one attached hydrogen (secondary N) is 2. The largest absolute Gasteiger partial charge is 0.341 e. The minimum atomic E-state index is -0.290. The second kappa shape index (κ2) is 4.63. The minimum Gasteiger partial charge on any atom is -0.341 e. The number of halogens is 1. The molecule has 1 rings (SSSR count). The van der Waals surface area contributed by atoms with Gasteiger partial charge in [-0.3, -0.25) is 0 Å². The summed E-state index contributed by atoms with van der Waals surface area (Å²) in [6.45, 7) is 0. The Morgan fingerprint density at radius 1 is 1.57 bits per heavy atom. The standard InChI is InChI=1S/C9H8BrN3O/c1-12-9(14)13-7-3-2-6(5-11)8(10)4-7/h2-4H,1H3,(H2,12,13,14). The van der Waals surface area contributed by atoms with Crippen molar-refractivity contribution in [2.24, 2.45) is 0 Å². The van der Waals surface area contributed by atoms with Crippen molar-refractivity contribution in [3.8, 4) is 6.07 Å². The second-order valence-electron chi connectivity index (χ2n) is 2.51. The molecule has 0 saturated heterocycles. The lowest BCUT2D eigenvalue weighted by Gasteiger charge is -2.04. The number of urea groups is 1.